The predicted octanol–water partition coefficient (Wildman–Crippen LogP) is 3.29. The number of hydrogen-bond acceptors (Lipinski definition) is 0. The summed E-state index contributed by atoms with van der Waals surface area (Å²) in [6.45, 7) is 8.75. The summed E-state index contributed by atoms with van der Waals surface area (Å²) in [4.78, 5) is 0. The van der Waals surface area contributed by atoms with Crippen LogP contribution in [0.15, 0.2) is 0 Å². The average Bonchev–Trinajstić information content (AvgIpc) is 2.83. The molecule has 0 unspecified atom stereocenters. The molecule has 1 heteroatoms. The van der Waals surface area contributed by atoms with Gasteiger partial charge in [0.1, 0.15) is 0 Å². The van der Waals surface area contributed by atoms with Gasteiger partial charge in [0.2, 0.25) is 0 Å². The van der Waals surface area contributed by atoms with Crippen LogP contribution in [0.1, 0.15) is 6.92 Å². The minimum atomic E-state index is 0. The zero-order chi connectivity index (χ0) is 10.6. The van der Waals surface area contributed by atoms with Crippen LogP contribution in [-0.4, -0.2) is 0 Å². The van der Waals surface area contributed by atoms with Crippen LogP contribution in [0.25, 0.3) is 0 Å². The molecule has 2 rings (SSSR count). The molecule has 2 aliphatic rings. The fraction of sp³-hybridized carbons (Fsp3) is 0.0714. The molecular formula is C14H17Ta. The summed E-state index contributed by atoms with van der Waals surface area (Å²) in [5.74, 6) is 0.917. The zero-order valence-electron chi connectivity index (χ0n) is 9.13. The molecule has 0 aromatic rings. The number of hydrogen-bond donors (Lipinski definition) is 0. The maximum Gasteiger partial charge on any atom is 0 e. The Morgan fingerprint density at radius 1 is 0.600 bits per heavy atom. The molecule has 0 aromatic carbocycles. The van der Waals surface area contributed by atoms with E-state index in [1.165, 1.54) is 0 Å². The molecule has 0 amide bonds. The van der Waals surface area contributed by atoms with Crippen molar-refractivity contribution in [3.63, 3.8) is 0 Å². The molecule has 0 saturated heterocycles. The minimum Gasteiger partial charge on any atom is -0.0591 e. The second-order valence-electron chi connectivity index (χ2n) is 2.88. The standard InChI is InChI=1S/2C5H5.C4H7.Ta/c2*1-2-4-5-3-1;1-4(2)3;/h2*1-5H;1-2H2,3H3;. The smallest absolute Gasteiger partial charge is 0 e. The van der Waals surface area contributed by atoms with Gasteiger partial charge < -0.3 is 0 Å². The van der Waals surface area contributed by atoms with Gasteiger partial charge >= 0.3 is 0 Å². The summed E-state index contributed by atoms with van der Waals surface area (Å²) in [6.07, 6.45) is 20.0. The van der Waals surface area contributed by atoms with Gasteiger partial charge in [-0.3, -0.25) is 0 Å². The molecular weight excluding hydrogens is 349 g/mol. The molecule has 2 aliphatic carbocycles. The molecule has 15 heavy (non-hydrogen) atoms. The molecule has 78 valence electrons. The third kappa shape index (κ3) is 20.7. The average molecular weight is 366 g/mol. The van der Waals surface area contributed by atoms with Crippen LogP contribution in [-0.2, 0) is 22.4 Å². The van der Waals surface area contributed by atoms with E-state index in [0.29, 0.717) is 0 Å². The van der Waals surface area contributed by atoms with E-state index in [1.54, 1.807) is 0 Å². The van der Waals surface area contributed by atoms with Gasteiger partial charge in [0.15, 0.2) is 0 Å². The monoisotopic (exact) mass is 366 g/mol. The summed E-state index contributed by atoms with van der Waals surface area (Å²) >= 11 is 0. The first-order chi connectivity index (χ1) is 6.73. The van der Waals surface area contributed by atoms with E-state index in [1.807, 2.05) is 71.1 Å². The van der Waals surface area contributed by atoms with E-state index < -0.39 is 0 Å². The minimum absolute atomic E-state index is 0. The van der Waals surface area contributed by atoms with E-state index >= 15 is 0 Å². The summed E-state index contributed by atoms with van der Waals surface area (Å²) in [5.41, 5.74) is 0. The van der Waals surface area contributed by atoms with E-state index in [9.17, 15) is 0 Å². The SMILES string of the molecule is [CH2][C]([CH2])C.[CH]1[CH][CH][CH][CH]1.[CH]1[CH][CH][CH][CH]1.[Ta]. The Labute approximate surface area is 113 Å². The van der Waals surface area contributed by atoms with Crippen LogP contribution in [0.3, 0.4) is 0 Å². The molecule has 14 radical (unpaired) electrons. The Kier molecular flexibility index (Phi) is 17.8. The van der Waals surface area contributed by atoms with Crippen LogP contribution in [0, 0.1) is 84.0 Å². The van der Waals surface area contributed by atoms with Crippen molar-refractivity contribution in [1.29, 1.82) is 0 Å². The molecule has 0 bridgehead atoms. The van der Waals surface area contributed by atoms with Crippen molar-refractivity contribution >= 4 is 0 Å². The summed E-state index contributed by atoms with van der Waals surface area (Å²) < 4.78 is 0. The van der Waals surface area contributed by atoms with E-state index in [-0.39, 0.29) is 22.4 Å². The van der Waals surface area contributed by atoms with Crippen LogP contribution in [0.4, 0.5) is 0 Å². The molecule has 0 atom stereocenters. The van der Waals surface area contributed by atoms with Gasteiger partial charge in [0.05, 0.1) is 0 Å². The van der Waals surface area contributed by atoms with E-state index in [4.69, 9.17) is 0 Å². The number of rotatable bonds is 0. The first-order valence-electron chi connectivity index (χ1n) is 4.54. The van der Waals surface area contributed by atoms with Crippen LogP contribution >= 0.6 is 0 Å². The quantitative estimate of drug-likeness (QED) is 0.617. The first-order valence-corrected chi connectivity index (χ1v) is 4.54. The molecule has 0 aromatic heterocycles. The largest absolute Gasteiger partial charge is 0.0591 e. The maximum atomic E-state index is 3.44. The molecule has 0 N–H and O–H groups in total. The van der Waals surface area contributed by atoms with Gasteiger partial charge in [-0.2, -0.15) is 0 Å². The van der Waals surface area contributed by atoms with Crippen molar-refractivity contribution < 1.29 is 22.4 Å². The van der Waals surface area contributed by atoms with Crippen LogP contribution in [0.2, 0.25) is 0 Å². The van der Waals surface area contributed by atoms with Gasteiger partial charge in [-0.05, 0) is 84.0 Å². The second-order valence-corrected chi connectivity index (χ2v) is 2.88. The normalized spacial score (nSPS) is 18.4. The molecule has 0 heterocycles. The fourth-order valence-corrected chi connectivity index (χ4v) is 0.642. The third-order valence-electron chi connectivity index (χ3n) is 1.11. The van der Waals surface area contributed by atoms with Gasteiger partial charge in [-0.15, -0.1) is 0 Å². The molecule has 2 fully saturated rings. The second kappa shape index (κ2) is 14.7. The third-order valence-corrected chi connectivity index (χ3v) is 1.11. The topological polar surface area (TPSA) is 0 Å². The Bertz CT molecular complexity index is 63.5. The zero-order valence-corrected chi connectivity index (χ0v) is 12.3. The first kappa shape index (κ1) is 18.1. The maximum absolute atomic E-state index is 3.44. The van der Waals surface area contributed by atoms with Gasteiger partial charge in [0.25, 0.3) is 0 Å². The Morgan fingerprint density at radius 3 is 0.733 bits per heavy atom. The summed E-state index contributed by atoms with van der Waals surface area (Å²) in [5, 5.41) is 0. The van der Waals surface area contributed by atoms with Crippen molar-refractivity contribution in [2.75, 3.05) is 0 Å². The van der Waals surface area contributed by atoms with Crippen LogP contribution in [0.5, 0.6) is 0 Å². The van der Waals surface area contributed by atoms with Gasteiger partial charge in [0, 0.05) is 22.4 Å². The Hall–Kier alpha value is 0.740. The summed E-state index contributed by atoms with van der Waals surface area (Å²) in [7, 11) is 0. The van der Waals surface area contributed by atoms with Crippen LogP contribution < -0.4 is 0 Å². The van der Waals surface area contributed by atoms with Gasteiger partial charge in [-0.1, -0.05) is 6.92 Å². The van der Waals surface area contributed by atoms with Crippen molar-refractivity contribution in [2.45, 2.75) is 6.92 Å². The molecule has 0 spiro atoms. The van der Waals surface area contributed by atoms with E-state index in [0.717, 1.165) is 5.92 Å². The Morgan fingerprint density at radius 2 is 0.667 bits per heavy atom. The van der Waals surface area contributed by atoms with E-state index in [2.05, 4.69) is 13.8 Å². The van der Waals surface area contributed by atoms with Crippen molar-refractivity contribution in [2.24, 2.45) is 0 Å². The fourth-order valence-electron chi connectivity index (χ4n) is 0.642. The summed E-state index contributed by atoms with van der Waals surface area (Å²) in [6, 6.07) is 0. The molecule has 0 aliphatic heterocycles. The molecule has 0 nitrogen and oxygen atoms in total. The predicted molar refractivity (Wildman–Crippen MR) is 62.6 cm³/mol. The molecule has 2 saturated carbocycles. The van der Waals surface area contributed by atoms with Gasteiger partial charge in [-0.25, -0.2) is 0 Å². The Balaban J connectivity index is 0. The van der Waals surface area contributed by atoms with Crippen molar-refractivity contribution in [1.82, 2.24) is 0 Å². The van der Waals surface area contributed by atoms with Crippen molar-refractivity contribution in [3.05, 3.63) is 84.0 Å². The van der Waals surface area contributed by atoms with Crippen molar-refractivity contribution in [3.8, 4) is 0 Å².